The summed E-state index contributed by atoms with van der Waals surface area (Å²) < 4.78 is 0. The van der Waals surface area contributed by atoms with Crippen LogP contribution in [0.4, 0.5) is 0 Å². The van der Waals surface area contributed by atoms with Crippen molar-refractivity contribution in [2.45, 2.75) is 39.8 Å². The summed E-state index contributed by atoms with van der Waals surface area (Å²) in [7, 11) is 0. The molecular formula is C8H18ClN. The van der Waals surface area contributed by atoms with Crippen molar-refractivity contribution >= 4 is 11.6 Å². The van der Waals surface area contributed by atoms with Crippen LogP contribution in [0, 0.1) is 5.92 Å². The third-order valence-electron chi connectivity index (χ3n) is 1.52. The quantitative estimate of drug-likeness (QED) is 0.627. The second-order valence-corrected chi connectivity index (χ2v) is 3.63. The maximum atomic E-state index is 5.74. The first-order chi connectivity index (χ1) is 4.57. The fraction of sp³-hybridized carbons (Fsp3) is 1.00. The van der Waals surface area contributed by atoms with Gasteiger partial charge in [0.05, 0.1) is 0 Å². The van der Waals surface area contributed by atoms with Gasteiger partial charge in [0.15, 0.2) is 0 Å². The van der Waals surface area contributed by atoms with Crippen LogP contribution in [0.2, 0.25) is 0 Å². The first-order valence-electron chi connectivity index (χ1n) is 3.90. The van der Waals surface area contributed by atoms with Gasteiger partial charge in [-0.15, -0.1) is 11.6 Å². The van der Waals surface area contributed by atoms with Crippen LogP contribution in [0.15, 0.2) is 0 Å². The lowest BCUT2D eigenvalue weighted by atomic mass is 10.1. The molecule has 2 heteroatoms. The molecule has 0 saturated carbocycles. The number of hydrogen-bond acceptors (Lipinski definition) is 1. The molecular weight excluding hydrogens is 146 g/mol. The average Bonchev–Trinajstić information content (AvgIpc) is 1.81. The average molecular weight is 164 g/mol. The van der Waals surface area contributed by atoms with E-state index in [0.717, 1.165) is 0 Å². The summed E-state index contributed by atoms with van der Waals surface area (Å²) in [5, 5.41) is 3.40. The van der Waals surface area contributed by atoms with Gasteiger partial charge in [0, 0.05) is 18.0 Å². The molecule has 0 rings (SSSR count). The van der Waals surface area contributed by atoms with Crippen LogP contribution in [0.5, 0.6) is 0 Å². The fourth-order valence-electron chi connectivity index (χ4n) is 0.843. The summed E-state index contributed by atoms with van der Waals surface area (Å²) in [5.41, 5.74) is 0. The van der Waals surface area contributed by atoms with Crippen molar-refractivity contribution in [1.82, 2.24) is 5.32 Å². The third-order valence-corrected chi connectivity index (χ3v) is 1.85. The van der Waals surface area contributed by atoms with Gasteiger partial charge in [-0.2, -0.15) is 0 Å². The SMILES string of the molecule is CC(C)NC(CCl)C(C)C. The van der Waals surface area contributed by atoms with E-state index in [1.165, 1.54) is 0 Å². The van der Waals surface area contributed by atoms with Gasteiger partial charge in [-0.1, -0.05) is 27.7 Å². The molecule has 0 aliphatic heterocycles. The molecule has 0 fully saturated rings. The molecule has 1 atom stereocenters. The minimum atomic E-state index is 0.460. The zero-order chi connectivity index (χ0) is 8.15. The molecule has 62 valence electrons. The van der Waals surface area contributed by atoms with E-state index in [-0.39, 0.29) is 0 Å². The van der Waals surface area contributed by atoms with Gasteiger partial charge in [0.25, 0.3) is 0 Å². The molecule has 0 aromatic carbocycles. The maximum absolute atomic E-state index is 5.74. The standard InChI is InChI=1S/C8H18ClN/c1-6(2)8(5-9)10-7(3)4/h6-8,10H,5H2,1-4H3. The first-order valence-corrected chi connectivity index (χ1v) is 4.43. The second-order valence-electron chi connectivity index (χ2n) is 3.33. The highest BCUT2D eigenvalue weighted by Gasteiger charge is 2.11. The predicted molar refractivity (Wildman–Crippen MR) is 47.6 cm³/mol. The molecule has 0 bridgehead atoms. The Morgan fingerprint density at radius 3 is 1.80 bits per heavy atom. The highest BCUT2D eigenvalue weighted by atomic mass is 35.5. The first kappa shape index (κ1) is 10.2. The molecule has 0 aromatic heterocycles. The van der Waals surface area contributed by atoms with Crippen molar-refractivity contribution in [2.75, 3.05) is 5.88 Å². The topological polar surface area (TPSA) is 12.0 Å². The molecule has 0 heterocycles. The lowest BCUT2D eigenvalue weighted by Gasteiger charge is -2.22. The zero-order valence-corrected chi connectivity index (χ0v) is 8.07. The van der Waals surface area contributed by atoms with E-state index in [1.807, 2.05) is 0 Å². The van der Waals surface area contributed by atoms with Crippen LogP contribution in [-0.4, -0.2) is 18.0 Å². The van der Waals surface area contributed by atoms with Gasteiger partial charge in [0.2, 0.25) is 0 Å². The van der Waals surface area contributed by atoms with Crippen molar-refractivity contribution in [3.8, 4) is 0 Å². The van der Waals surface area contributed by atoms with Gasteiger partial charge < -0.3 is 5.32 Å². The van der Waals surface area contributed by atoms with Crippen LogP contribution < -0.4 is 5.32 Å². The van der Waals surface area contributed by atoms with E-state index in [9.17, 15) is 0 Å². The lowest BCUT2D eigenvalue weighted by molar-refractivity contribution is 0.399. The Labute approximate surface area is 69.1 Å². The van der Waals surface area contributed by atoms with Gasteiger partial charge in [-0.3, -0.25) is 0 Å². The summed E-state index contributed by atoms with van der Waals surface area (Å²) >= 11 is 5.74. The molecule has 0 spiro atoms. The van der Waals surface area contributed by atoms with Crippen LogP contribution >= 0.6 is 11.6 Å². The largest absolute Gasteiger partial charge is 0.310 e. The molecule has 10 heavy (non-hydrogen) atoms. The smallest absolute Gasteiger partial charge is 0.0379 e. The number of alkyl halides is 1. The van der Waals surface area contributed by atoms with Crippen molar-refractivity contribution < 1.29 is 0 Å². The molecule has 0 amide bonds. The third kappa shape index (κ3) is 4.13. The summed E-state index contributed by atoms with van der Waals surface area (Å²) in [6.07, 6.45) is 0. The maximum Gasteiger partial charge on any atom is 0.0379 e. The van der Waals surface area contributed by atoms with E-state index >= 15 is 0 Å². The molecule has 0 aliphatic rings. The van der Waals surface area contributed by atoms with Gasteiger partial charge in [-0.25, -0.2) is 0 Å². The minimum Gasteiger partial charge on any atom is -0.310 e. The zero-order valence-electron chi connectivity index (χ0n) is 7.32. The molecule has 0 radical (unpaired) electrons. The van der Waals surface area contributed by atoms with Crippen LogP contribution in [0.1, 0.15) is 27.7 Å². The Kier molecular flexibility index (Phi) is 5.10. The van der Waals surface area contributed by atoms with Crippen LogP contribution in [0.25, 0.3) is 0 Å². The van der Waals surface area contributed by atoms with E-state index in [1.54, 1.807) is 0 Å². The van der Waals surface area contributed by atoms with Crippen molar-refractivity contribution in [1.29, 1.82) is 0 Å². The Hall–Kier alpha value is 0.250. The molecule has 1 N–H and O–H groups in total. The highest BCUT2D eigenvalue weighted by Crippen LogP contribution is 2.03. The summed E-state index contributed by atoms with van der Waals surface area (Å²) in [5.74, 6) is 1.33. The number of halogens is 1. The molecule has 0 aliphatic carbocycles. The molecule has 0 aromatic rings. The van der Waals surface area contributed by atoms with Crippen molar-refractivity contribution in [2.24, 2.45) is 5.92 Å². The fourth-order valence-corrected chi connectivity index (χ4v) is 1.29. The van der Waals surface area contributed by atoms with E-state index in [0.29, 0.717) is 23.9 Å². The summed E-state index contributed by atoms with van der Waals surface area (Å²) in [6, 6.07) is 0.993. The van der Waals surface area contributed by atoms with Crippen LogP contribution in [0.3, 0.4) is 0 Å². The van der Waals surface area contributed by atoms with E-state index in [4.69, 9.17) is 11.6 Å². The van der Waals surface area contributed by atoms with Crippen molar-refractivity contribution in [3.05, 3.63) is 0 Å². The van der Waals surface area contributed by atoms with Gasteiger partial charge >= 0.3 is 0 Å². The number of nitrogens with one attached hydrogen (secondary N) is 1. The minimum absolute atomic E-state index is 0.460. The number of rotatable bonds is 4. The monoisotopic (exact) mass is 163 g/mol. The van der Waals surface area contributed by atoms with E-state index in [2.05, 4.69) is 33.0 Å². The molecule has 1 unspecified atom stereocenters. The Balaban J connectivity index is 3.60. The molecule has 1 nitrogen and oxygen atoms in total. The van der Waals surface area contributed by atoms with Crippen molar-refractivity contribution in [3.63, 3.8) is 0 Å². The predicted octanol–water partition coefficient (Wildman–Crippen LogP) is 2.25. The Morgan fingerprint density at radius 2 is 1.70 bits per heavy atom. The normalized spacial score (nSPS) is 14.7. The molecule has 0 saturated heterocycles. The second kappa shape index (κ2) is 4.97. The van der Waals surface area contributed by atoms with E-state index < -0.39 is 0 Å². The number of hydrogen-bond donors (Lipinski definition) is 1. The van der Waals surface area contributed by atoms with Gasteiger partial charge in [0.1, 0.15) is 0 Å². The van der Waals surface area contributed by atoms with Crippen LogP contribution in [-0.2, 0) is 0 Å². The summed E-state index contributed by atoms with van der Waals surface area (Å²) in [4.78, 5) is 0. The summed E-state index contributed by atoms with van der Waals surface area (Å²) in [6.45, 7) is 8.65. The highest BCUT2D eigenvalue weighted by molar-refractivity contribution is 6.18. The lowest BCUT2D eigenvalue weighted by Crippen LogP contribution is -2.39. The Bertz CT molecular complexity index is 81.3. The van der Waals surface area contributed by atoms with Gasteiger partial charge in [-0.05, 0) is 5.92 Å². The Morgan fingerprint density at radius 1 is 1.20 bits per heavy atom.